The predicted molar refractivity (Wildman–Crippen MR) is 163 cm³/mol. The molecule has 0 amide bonds. The lowest BCUT2D eigenvalue weighted by Gasteiger charge is -2.60. The summed E-state index contributed by atoms with van der Waals surface area (Å²) in [6.07, 6.45) is 3.63. The average Bonchev–Trinajstić information content (AvgIpc) is 3.21. The van der Waals surface area contributed by atoms with Crippen LogP contribution in [0.4, 0.5) is 13.2 Å². The van der Waals surface area contributed by atoms with Gasteiger partial charge in [0.1, 0.15) is 5.60 Å². The number of allylic oxidation sites excluding steroid dienone is 1. The summed E-state index contributed by atoms with van der Waals surface area (Å²) >= 11 is 1.75. The molecule has 1 aromatic rings. The van der Waals surface area contributed by atoms with Crippen LogP contribution in [0.5, 0.6) is 0 Å². The lowest BCUT2D eigenvalue weighted by molar-refractivity contribution is -0.322. The molecule has 7 atom stereocenters. The largest absolute Gasteiger partial charge is 0.386 e. The number of fused-ring (bicyclic) bond motifs is 4. The number of rotatable bonds is 5. The first-order valence-electron chi connectivity index (χ1n) is 16.2. The van der Waals surface area contributed by atoms with Crippen LogP contribution in [0, 0.1) is 22.7 Å². The number of benzene rings is 1. The van der Waals surface area contributed by atoms with Gasteiger partial charge in [-0.1, -0.05) is 45.4 Å². The van der Waals surface area contributed by atoms with E-state index in [2.05, 4.69) is 45.0 Å². The van der Waals surface area contributed by atoms with E-state index < -0.39 is 34.0 Å². The molecule has 2 N–H and O–H groups in total. The van der Waals surface area contributed by atoms with Gasteiger partial charge in [-0.15, -0.1) is 11.8 Å². The summed E-state index contributed by atoms with van der Waals surface area (Å²) in [4.78, 5) is 1.15. The minimum Gasteiger partial charge on any atom is -0.386 e. The van der Waals surface area contributed by atoms with E-state index in [1.165, 1.54) is 5.57 Å². The minimum absolute atomic E-state index is 0.00659. The fourth-order valence-electron chi connectivity index (χ4n) is 9.65. The molecule has 3 saturated carbocycles. The highest BCUT2D eigenvalue weighted by molar-refractivity contribution is 7.99. The second-order valence-corrected chi connectivity index (χ2v) is 16.9. The summed E-state index contributed by atoms with van der Waals surface area (Å²) in [6.45, 7) is 10.8. The highest BCUT2D eigenvalue weighted by Crippen LogP contribution is 2.71. The van der Waals surface area contributed by atoms with E-state index in [1.807, 2.05) is 6.92 Å². The van der Waals surface area contributed by atoms with Crippen LogP contribution in [0.15, 0.2) is 40.3 Å². The maximum absolute atomic E-state index is 16.3. The standard InChI is InChI=1S/C35H49F3O4S/c1-7-43-23-10-8-22(9-11-23)25-18-30(4)26(14-17-35(30,40)31(5,36)32(6,37)38)24-12-15-33(39)19-34(16-13-27(33)28(24)25)41-20-29(2,3)21-42-34/h8-11,24-26,39-40H,7,12-21H2,1-6H3/t24?,25?,26?,30-,31?,33+,35-/m0/s1. The van der Waals surface area contributed by atoms with Crippen LogP contribution in [0.3, 0.4) is 0 Å². The summed E-state index contributed by atoms with van der Waals surface area (Å²) in [5, 5.41) is 24.5. The quantitative estimate of drug-likeness (QED) is 0.256. The first-order valence-corrected chi connectivity index (χ1v) is 17.2. The Labute approximate surface area is 259 Å². The van der Waals surface area contributed by atoms with Gasteiger partial charge >= 0.3 is 0 Å². The van der Waals surface area contributed by atoms with Gasteiger partial charge in [-0.2, -0.15) is 0 Å². The zero-order valence-corrected chi connectivity index (χ0v) is 27.4. The second kappa shape index (κ2) is 10.2. The van der Waals surface area contributed by atoms with Gasteiger partial charge in [-0.25, -0.2) is 13.2 Å². The van der Waals surface area contributed by atoms with E-state index >= 15 is 4.39 Å². The molecule has 4 fully saturated rings. The van der Waals surface area contributed by atoms with Gasteiger partial charge in [0, 0.05) is 41.4 Å². The molecule has 1 spiro atoms. The second-order valence-electron chi connectivity index (χ2n) is 15.5. The van der Waals surface area contributed by atoms with E-state index in [0.29, 0.717) is 65.1 Å². The molecule has 240 valence electrons. The molecule has 0 radical (unpaired) electrons. The van der Waals surface area contributed by atoms with Crippen LogP contribution in [0.1, 0.15) is 104 Å². The first-order chi connectivity index (χ1) is 19.9. The summed E-state index contributed by atoms with van der Waals surface area (Å²) in [5.41, 5.74) is -4.26. The molecular weight excluding hydrogens is 573 g/mol. The van der Waals surface area contributed by atoms with Gasteiger partial charge in [-0.3, -0.25) is 0 Å². The molecule has 1 saturated heterocycles. The summed E-state index contributed by atoms with van der Waals surface area (Å²) in [6, 6.07) is 8.38. The number of aliphatic hydroxyl groups is 2. The minimum atomic E-state index is -3.70. The Morgan fingerprint density at radius 3 is 2.21 bits per heavy atom. The fourth-order valence-corrected chi connectivity index (χ4v) is 10.3. The zero-order valence-electron chi connectivity index (χ0n) is 26.6. The van der Waals surface area contributed by atoms with Crippen molar-refractivity contribution in [3.63, 3.8) is 0 Å². The number of halogens is 3. The molecule has 1 heterocycles. The maximum atomic E-state index is 16.3. The van der Waals surface area contributed by atoms with E-state index in [9.17, 15) is 19.0 Å². The van der Waals surface area contributed by atoms with Crippen molar-refractivity contribution >= 4 is 11.8 Å². The van der Waals surface area contributed by atoms with Crippen molar-refractivity contribution in [1.82, 2.24) is 0 Å². The third-order valence-electron chi connectivity index (χ3n) is 12.2. The third-order valence-corrected chi connectivity index (χ3v) is 13.1. The van der Waals surface area contributed by atoms with Gasteiger partial charge in [0.25, 0.3) is 5.92 Å². The Bertz CT molecular complexity index is 1260. The van der Waals surface area contributed by atoms with Gasteiger partial charge in [0.05, 0.1) is 18.8 Å². The highest BCUT2D eigenvalue weighted by Gasteiger charge is 2.74. The maximum Gasteiger partial charge on any atom is 0.281 e. The topological polar surface area (TPSA) is 58.9 Å². The van der Waals surface area contributed by atoms with Crippen molar-refractivity contribution in [2.45, 2.75) is 132 Å². The molecule has 8 heteroatoms. The van der Waals surface area contributed by atoms with E-state index in [1.54, 1.807) is 11.8 Å². The van der Waals surface area contributed by atoms with Crippen molar-refractivity contribution in [2.75, 3.05) is 19.0 Å². The van der Waals surface area contributed by atoms with Gasteiger partial charge in [-0.05, 0) is 86.3 Å². The zero-order chi connectivity index (χ0) is 31.3. The molecule has 4 unspecified atom stereocenters. The van der Waals surface area contributed by atoms with Crippen molar-refractivity contribution in [2.24, 2.45) is 22.7 Å². The Morgan fingerprint density at radius 2 is 1.60 bits per heavy atom. The highest BCUT2D eigenvalue weighted by atomic mass is 32.2. The summed E-state index contributed by atoms with van der Waals surface area (Å²) in [7, 11) is 0. The monoisotopic (exact) mass is 622 g/mol. The molecule has 4 nitrogen and oxygen atoms in total. The van der Waals surface area contributed by atoms with Crippen LogP contribution in [-0.2, 0) is 9.47 Å². The average molecular weight is 623 g/mol. The third kappa shape index (κ3) is 4.78. The predicted octanol–water partition coefficient (Wildman–Crippen LogP) is 8.21. The van der Waals surface area contributed by atoms with Crippen molar-refractivity contribution < 1.29 is 32.9 Å². The molecule has 0 bridgehead atoms. The lowest BCUT2D eigenvalue weighted by Crippen LogP contribution is -2.66. The number of thioether (sulfide) groups is 1. The molecular formula is C35H49F3O4S. The Kier molecular flexibility index (Phi) is 7.58. The molecule has 5 aliphatic rings. The molecule has 43 heavy (non-hydrogen) atoms. The van der Waals surface area contributed by atoms with Gasteiger partial charge in [0.15, 0.2) is 11.5 Å². The Hall–Kier alpha value is -1.06. The Balaban J connectivity index is 1.45. The smallest absolute Gasteiger partial charge is 0.281 e. The number of hydrogen-bond donors (Lipinski definition) is 2. The van der Waals surface area contributed by atoms with Gasteiger partial charge in [0.2, 0.25) is 0 Å². The van der Waals surface area contributed by atoms with Crippen LogP contribution in [-0.4, -0.2) is 57.8 Å². The number of ether oxygens (including phenoxy) is 2. The molecule has 1 aliphatic heterocycles. The normalized spacial score (nSPS) is 40.0. The SMILES string of the molecule is CCSc1ccc(C2C[C@@]3(C)C(CC[C@@]3(O)C(C)(F)C(C)(F)F)C3CC[C@@]4(O)CC5(CCC4=C23)OCC(C)(C)CO5)cc1. The molecule has 0 aromatic heterocycles. The van der Waals surface area contributed by atoms with E-state index in [4.69, 9.17) is 9.47 Å². The van der Waals surface area contributed by atoms with Crippen LogP contribution >= 0.6 is 11.8 Å². The molecule has 6 rings (SSSR count). The summed E-state index contributed by atoms with van der Waals surface area (Å²) in [5.74, 6) is -3.97. The van der Waals surface area contributed by atoms with Crippen molar-refractivity contribution in [3.05, 3.63) is 41.0 Å². The molecule has 1 aromatic carbocycles. The number of alkyl halides is 3. The first kappa shape index (κ1) is 31.9. The lowest BCUT2D eigenvalue weighted by atomic mass is 9.48. The van der Waals surface area contributed by atoms with Crippen LogP contribution in [0.25, 0.3) is 0 Å². The molecule has 4 aliphatic carbocycles. The van der Waals surface area contributed by atoms with Crippen molar-refractivity contribution in [1.29, 1.82) is 0 Å². The van der Waals surface area contributed by atoms with Gasteiger partial charge < -0.3 is 19.7 Å². The van der Waals surface area contributed by atoms with Crippen LogP contribution in [0.2, 0.25) is 0 Å². The Morgan fingerprint density at radius 1 is 0.953 bits per heavy atom. The fraction of sp³-hybridized carbons (Fsp3) is 0.771. The van der Waals surface area contributed by atoms with E-state index in [0.717, 1.165) is 28.7 Å². The summed E-state index contributed by atoms with van der Waals surface area (Å²) < 4.78 is 58.8. The van der Waals surface area contributed by atoms with Crippen molar-refractivity contribution in [3.8, 4) is 0 Å². The number of hydrogen-bond acceptors (Lipinski definition) is 5. The van der Waals surface area contributed by atoms with E-state index in [-0.39, 0.29) is 29.6 Å². The van der Waals surface area contributed by atoms with Crippen LogP contribution < -0.4 is 0 Å².